The molecule has 1 aromatic heterocycles. The van der Waals surface area contributed by atoms with Crippen molar-refractivity contribution in [1.82, 2.24) is 15.5 Å². The predicted octanol–water partition coefficient (Wildman–Crippen LogP) is 0.277. The standard InChI is InChI=1S/C23H25N3O5S.Na.H/c1-12-6-5-7-13(2)20(12)18-9-8-17(32-18)15(11-19(28)29)24-23(31)25-21-16(27)10-14(3)26(4)22(21)30;;/h5-10,15,21H,11H2,1-4H3,(H,28,29)(H2,24,25,31);;/q;+1;-1/t15-,21?;;/m0../s1. The third-order valence-corrected chi connectivity index (χ3v) is 6.62. The first-order valence-corrected chi connectivity index (χ1v) is 10.8. The molecule has 0 fully saturated rings. The molecule has 0 bridgehead atoms. The van der Waals surface area contributed by atoms with Gasteiger partial charge in [0.1, 0.15) is 0 Å². The number of carboxylic acids is 1. The average Bonchev–Trinajstić information content (AvgIpc) is 3.18. The maximum absolute atomic E-state index is 12.6. The number of carboxylic acid groups (broad SMARTS) is 1. The van der Waals surface area contributed by atoms with E-state index in [0.29, 0.717) is 10.6 Å². The van der Waals surface area contributed by atoms with E-state index in [2.05, 4.69) is 10.6 Å². The zero-order chi connectivity index (χ0) is 23.6. The number of allylic oxidation sites excluding steroid dienone is 1. The van der Waals surface area contributed by atoms with Crippen molar-refractivity contribution >= 4 is 35.0 Å². The van der Waals surface area contributed by atoms with Gasteiger partial charge in [0.2, 0.25) is 0 Å². The number of carbonyl (C=O) groups is 4. The van der Waals surface area contributed by atoms with Gasteiger partial charge >= 0.3 is 41.6 Å². The zero-order valence-electron chi connectivity index (χ0n) is 20.3. The van der Waals surface area contributed by atoms with E-state index < -0.39 is 35.8 Å². The molecule has 170 valence electrons. The van der Waals surface area contributed by atoms with Crippen LogP contribution in [0.25, 0.3) is 10.4 Å². The van der Waals surface area contributed by atoms with Crippen molar-refractivity contribution in [2.24, 2.45) is 0 Å². The third kappa shape index (κ3) is 6.11. The predicted molar refractivity (Wildman–Crippen MR) is 122 cm³/mol. The van der Waals surface area contributed by atoms with E-state index >= 15 is 0 Å². The number of nitrogens with zero attached hydrogens (tertiary/aromatic N) is 1. The van der Waals surface area contributed by atoms with E-state index in [-0.39, 0.29) is 37.4 Å². The molecule has 0 saturated heterocycles. The summed E-state index contributed by atoms with van der Waals surface area (Å²) in [7, 11) is 1.52. The largest absolute Gasteiger partial charge is 1.00 e. The van der Waals surface area contributed by atoms with E-state index in [1.165, 1.54) is 29.4 Å². The number of hydrogen-bond acceptors (Lipinski definition) is 5. The molecule has 0 saturated carbocycles. The van der Waals surface area contributed by atoms with Gasteiger partial charge in [-0.1, -0.05) is 18.2 Å². The average molecular weight is 480 g/mol. The molecule has 2 heterocycles. The summed E-state index contributed by atoms with van der Waals surface area (Å²) in [5.41, 5.74) is 3.76. The van der Waals surface area contributed by atoms with E-state index in [0.717, 1.165) is 21.6 Å². The summed E-state index contributed by atoms with van der Waals surface area (Å²) < 4.78 is 0. The minimum absolute atomic E-state index is 0. The van der Waals surface area contributed by atoms with Gasteiger partial charge in [-0.05, 0) is 49.6 Å². The van der Waals surface area contributed by atoms with Gasteiger partial charge in [-0.15, -0.1) is 11.3 Å². The number of benzene rings is 1. The van der Waals surface area contributed by atoms with Crippen molar-refractivity contribution in [3.63, 3.8) is 0 Å². The topological polar surface area (TPSA) is 116 Å². The van der Waals surface area contributed by atoms with Gasteiger partial charge in [0.15, 0.2) is 11.8 Å². The van der Waals surface area contributed by atoms with Crippen molar-refractivity contribution in [2.45, 2.75) is 39.3 Å². The second kappa shape index (κ2) is 11.1. The summed E-state index contributed by atoms with van der Waals surface area (Å²) in [6.45, 7) is 5.64. The summed E-state index contributed by atoms with van der Waals surface area (Å²) in [4.78, 5) is 51.5. The van der Waals surface area contributed by atoms with Crippen molar-refractivity contribution in [2.75, 3.05) is 7.05 Å². The number of rotatable bonds is 6. The van der Waals surface area contributed by atoms with Crippen LogP contribution >= 0.6 is 11.3 Å². The van der Waals surface area contributed by atoms with Crippen molar-refractivity contribution in [3.8, 4) is 10.4 Å². The van der Waals surface area contributed by atoms with Gasteiger partial charge in [0, 0.05) is 28.6 Å². The van der Waals surface area contributed by atoms with Crippen LogP contribution in [0.15, 0.2) is 42.1 Å². The minimum atomic E-state index is -1.34. The number of aliphatic carboxylic acids is 1. The second-order valence-corrected chi connectivity index (χ2v) is 8.87. The van der Waals surface area contributed by atoms with Crippen molar-refractivity contribution in [1.29, 1.82) is 0 Å². The summed E-state index contributed by atoms with van der Waals surface area (Å²) in [5, 5.41) is 14.3. The van der Waals surface area contributed by atoms with Crippen LogP contribution in [0.5, 0.6) is 0 Å². The first kappa shape index (κ1) is 26.8. The molecular weight excluding hydrogens is 453 g/mol. The Morgan fingerprint density at radius 2 is 1.79 bits per heavy atom. The number of thiophene rings is 1. The van der Waals surface area contributed by atoms with E-state index in [4.69, 9.17) is 0 Å². The zero-order valence-corrected chi connectivity index (χ0v) is 22.1. The molecule has 3 amide bonds. The molecule has 0 aliphatic carbocycles. The quantitative estimate of drug-likeness (QED) is 0.407. The van der Waals surface area contributed by atoms with E-state index in [9.17, 15) is 24.3 Å². The van der Waals surface area contributed by atoms with Crippen LogP contribution in [0.4, 0.5) is 4.79 Å². The van der Waals surface area contributed by atoms with Gasteiger partial charge in [-0.3, -0.25) is 14.4 Å². The van der Waals surface area contributed by atoms with E-state index in [1.807, 2.05) is 38.1 Å². The Bertz CT molecular complexity index is 1110. The monoisotopic (exact) mass is 479 g/mol. The van der Waals surface area contributed by atoms with Gasteiger partial charge < -0.3 is 22.1 Å². The molecular formula is C23H26N3NaO5S. The second-order valence-electron chi connectivity index (χ2n) is 7.76. The van der Waals surface area contributed by atoms with Gasteiger partial charge in [-0.2, -0.15) is 0 Å². The van der Waals surface area contributed by atoms with Gasteiger partial charge in [0.05, 0.1) is 12.5 Å². The number of hydrogen-bond donors (Lipinski definition) is 3. The van der Waals surface area contributed by atoms with Crippen molar-refractivity contribution in [3.05, 3.63) is 58.1 Å². The maximum Gasteiger partial charge on any atom is 1.00 e. The molecule has 0 radical (unpaired) electrons. The van der Waals surface area contributed by atoms with Gasteiger partial charge in [-0.25, -0.2) is 4.79 Å². The Balaban J connectivity index is 0.00000289. The Morgan fingerprint density at radius 1 is 1.15 bits per heavy atom. The third-order valence-electron chi connectivity index (χ3n) is 5.40. The van der Waals surface area contributed by atoms with Crippen LogP contribution < -0.4 is 40.2 Å². The summed E-state index contributed by atoms with van der Waals surface area (Å²) in [6.07, 6.45) is 0.947. The van der Waals surface area contributed by atoms with Gasteiger partial charge in [0.25, 0.3) is 5.91 Å². The Kier molecular flexibility index (Phi) is 9.02. The Labute approximate surface area is 219 Å². The number of ketones is 1. The Morgan fingerprint density at radius 3 is 2.39 bits per heavy atom. The Hall–Kier alpha value is -2.46. The normalized spacial score (nSPS) is 16.5. The molecule has 10 heteroatoms. The van der Waals surface area contributed by atoms with Crippen LogP contribution in [0.2, 0.25) is 0 Å². The molecule has 1 aliphatic heterocycles. The maximum atomic E-state index is 12.6. The molecule has 1 aromatic carbocycles. The van der Waals surface area contributed by atoms with Crippen LogP contribution in [0.1, 0.15) is 36.8 Å². The van der Waals surface area contributed by atoms with Crippen molar-refractivity contribution < 1.29 is 55.3 Å². The summed E-state index contributed by atoms with van der Waals surface area (Å²) in [5.74, 6) is -2.15. The number of amides is 3. The molecule has 33 heavy (non-hydrogen) atoms. The number of likely N-dealkylation sites (N-methyl/N-ethyl adjacent to an activating group) is 1. The molecule has 2 aromatic rings. The summed E-state index contributed by atoms with van der Waals surface area (Å²) >= 11 is 1.40. The van der Waals surface area contributed by atoms with E-state index in [1.54, 1.807) is 13.0 Å². The molecule has 3 rings (SSSR count). The molecule has 0 spiro atoms. The number of carbonyl (C=O) groups excluding carboxylic acids is 3. The fraction of sp³-hybridized carbons (Fsp3) is 0.304. The summed E-state index contributed by atoms with van der Waals surface area (Å²) in [6, 6.07) is 6.73. The fourth-order valence-electron chi connectivity index (χ4n) is 3.61. The first-order chi connectivity index (χ1) is 15.1. The fourth-order valence-corrected chi connectivity index (χ4v) is 4.85. The molecule has 8 nitrogen and oxygen atoms in total. The number of urea groups is 1. The molecule has 3 N–H and O–H groups in total. The SMILES string of the molecule is CC1=CC(=O)C(NC(=O)N[C@@H](CC(=O)O)c2ccc(-c3c(C)cccc3C)s2)C(=O)N1C.[H-].[Na+]. The molecule has 1 unspecified atom stereocenters. The molecule has 2 atom stereocenters. The minimum Gasteiger partial charge on any atom is -1.00 e. The van der Waals surface area contributed by atoms with Crippen LogP contribution in [0, 0.1) is 13.8 Å². The van der Waals surface area contributed by atoms with Crippen LogP contribution in [0.3, 0.4) is 0 Å². The number of aryl methyl sites for hydroxylation is 2. The molecule has 1 aliphatic rings. The first-order valence-electron chi connectivity index (χ1n) is 10.0. The smallest absolute Gasteiger partial charge is 1.00 e. The van der Waals surface area contributed by atoms with Crippen LogP contribution in [-0.4, -0.2) is 46.8 Å². The number of nitrogens with one attached hydrogen (secondary N) is 2. The van der Waals surface area contributed by atoms with Crippen LogP contribution in [-0.2, 0) is 14.4 Å².